The summed E-state index contributed by atoms with van der Waals surface area (Å²) in [4.78, 5) is 28.3. The molecule has 0 radical (unpaired) electrons. The maximum absolute atomic E-state index is 12.3. The fourth-order valence-electron chi connectivity index (χ4n) is 2.65. The molecule has 0 aliphatic carbocycles. The molecule has 1 aliphatic heterocycles. The van der Waals surface area contributed by atoms with Gasteiger partial charge >= 0.3 is 0 Å². The molecular weight excluding hydrogens is 300 g/mol. The van der Waals surface area contributed by atoms with Crippen LogP contribution in [0.5, 0.6) is 11.5 Å². The van der Waals surface area contributed by atoms with Crippen LogP contribution >= 0.6 is 0 Å². The van der Waals surface area contributed by atoms with Crippen molar-refractivity contribution in [3.05, 3.63) is 45.9 Å². The summed E-state index contributed by atoms with van der Waals surface area (Å²) in [5.41, 5.74) is 7.05. The molecule has 8 nitrogen and oxygen atoms in total. The van der Waals surface area contributed by atoms with E-state index in [0.29, 0.717) is 28.5 Å². The summed E-state index contributed by atoms with van der Waals surface area (Å²) in [5.74, 6) is 0.586. The van der Waals surface area contributed by atoms with Gasteiger partial charge in [0.05, 0.1) is 5.69 Å². The van der Waals surface area contributed by atoms with Gasteiger partial charge in [0.15, 0.2) is 17.1 Å². The monoisotopic (exact) mass is 312 g/mol. The van der Waals surface area contributed by atoms with Crippen molar-refractivity contribution in [2.75, 3.05) is 6.79 Å². The quantitative estimate of drug-likeness (QED) is 0.728. The van der Waals surface area contributed by atoms with Gasteiger partial charge in [-0.1, -0.05) is 0 Å². The number of hydrogen-bond acceptors (Lipinski definition) is 5. The molecule has 116 valence electrons. The third-order valence-electron chi connectivity index (χ3n) is 3.71. The minimum atomic E-state index is -0.643. The highest BCUT2D eigenvalue weighted by Gasteiger charge is 2.19. The summed E-state index contributed by atoms with van der Waals surface area (Å²) in [5, 5.41) is 2.79. The van der Waals surface area contributed by atoms with Crippen LogP contribution in [0, 0.1) is 6.92 Å². The van der Waals surface area contributed by atoms with Crippen molar-refractivity contribution in [3.8, 4) is 22.8 Å². The van der Waals surface area contributed by atoms with Crippen LogP contribution in [0.2, 0.25) is 0 Å². The summed E-state index contributed by atoms with van der Waals surface area (Å²) >= 11 is 0. The van der Waals surface area contributed by atoms with Crippen LogP contribution in [-0.2, 0) is 0 Å². The number of benzene rings is 1. The molecule has 23 heavy (non-hydrogen) atoms. The molecule has 1 amide bonds. The zero-order chi connectivity index (χ0) is 16.1. The zero-order valence-corrected chi connectivity index (χ0v) is 12.1. The van der Waals surface area contributed by atoms with Crippen LogP contribution in [0.1, 0.15) is 16.1 Å². The highest BCUT2D eigenvalue weighted by molar-refractivity contribution is 6.00. The largest absolute Gasteiger partial charge is 0.454 e. The molecule has 0 fully saturated rings. The number of nitrogens with zero attached hydrogens (tertiary/aromatic N) is 2. The Balaban J connectivity index is 1.96. The third kappa shape index (κ3) is 1.95. The molecule has 0 saturated carbocycles. The number of aromatic amines is 1. The fourth-order valence-corrected chi connectivity index (χ4v) is 2.65. The van der Waals surface area contributed by atoms with E-state index in [-0.39, 0.29) is 23.6 Å². The molecule has 4 rings (SSSR count). The highest BCUT2D eigenvalue weighted by Crippen LogP contribution is 2.35. The SMILES string of the molecule is Cc1[nH]n2c(=O)cc(-c3ccc4c(c3)OCO4)nc2c1C(N)=O. The number of aromatic nitrogens is 3. The highest BCUT2D eigenvalue weighted by atomic mass is 16.7. The lowest BCUT2D eigenvalue weighted by molar-refractivity contribution is 0.100. The van der Waals surface area contributed by atoms with Crippen molar-refractivity contribution in [2.45, 2.75) is 6.92 Å². The van der Waals surface area contributed by atoms with E-state index < -0.39 is 5.91 Å². The van der Waals surface area contributed by atoms with E-state index in [9.17, 15) is 9.59 Å². The Kier molecular flexibility index (Phi) is 2.68. The number of H-pyrrole nitrogens is 1. The van der Waals surface area contributed by atoms with Crippen LogP contribution in [-0.4, -0.2) is 27.3 Å². The number of hydrogen-bond donors (Lipinski definition) is 2. The van der Waals surface area contributed by atoms with Crippen LogP contribution in [0.15, 0.2) is 29.1 Å². The van der Waals surface area contributed by atoms with E-state index in [0.717, 1.165) is 0 Å². The third-order valence-corrected chi connectivity index (χ3v) is 3.71. The standard InChI is InChI=1S/C15H12N4O4/c1-7-13(14(16)21)15-17-9(5-12(20)19(15)18-7)8-2-3-10-11(4-8)23-6-22-10/h2-5,18H,6H2,1H3,(H2,16,21). The smallest absolute Gasteiger partial charge is 0.273 e. The van der Waals surface area contributed by atoms with Crippen LogP contribution in [0.4, 0.5) is 0 Å². The first-order chi connectivity index (χ1) is 11.0. The first-order valence-corrected chi connectivity index (χ1v) is 6.87. The van der Waals surface area contributed by atoms with E-state index >= 15 is 0 Å². The normalized spacial score (nSPS) is 12.7. The van der Waals surface area contributed by atoms with E-state index in [4.69, 9.17) is 15.2 Å². The minimum Gasteiger partial charge on any atom is -0.454 e. The van der Waals surface area contributed by atoms with E-state index in [1.54, 1.807) is 25.1 Å². The van der Waals surface area contributed by atoms with Crippen molar-refractivity contribution in [2.24, 2.45) is 5.73 Å². The summed E-state index contributed by atoms with van der Waals surface area (Å²) in [7, 11) is 0. The first kappa shape index (κ1) is 13.4. The Morgan fingerprint density at radius 3 is 2.87 bits per heavy atom. The molecule has 1 aliphatic rings. The lowest BCUT2D eigenvalue weighted by Crippen LogP contribution is -2.16. The number of ether oxygens (including phenoxy) is 2. The molecule has 3 aromatic rings. The summed E-state index contributed by atoms with van der Waals surface area (Å²) in [6.45, 7) is 1.82. The second-order valence-electron chi connectivity index (χ2n) is 5.18. The molecule has 0 spiro atoms. The predicted molar refractivity (Wildman–Crippen MR) is 80.6 cm³/mol. The lowest BCUT2D eigenvalue weighted by Gasteiger charge is -2.03. The average Bonchev–Trinajstić information content (AvgIpc) is 3.09. The van der Waals surface area contributed by atoms with Crippen molar-refractivity contribution >= 4 is 11.6 Å². The number of fused-ring (bicyclic) bond motifs is 2. The number of aryl methyl sites for hydroxylation is 1. The van der Waals surface area contributed by atoms with Gasteiger partial charge in [0.25, 0.3) is 11.5 Å². The number of nitrogens with one attached hydrogen (secondary N) is 1. The van der Waals surface area contributed by atoms with Gasteiger partial charge in [-0.25, -0.2) is 9.50 Å². The van der Waals surface area contributed by atoms with Gasteiger partial charge in [-0.05, 0) is 25.1 Å². The second kappa shape index (κ2) is 4.60. The maximum Gasteiger partial charge on any atom is 0.273 e. The van der Waals surface area contributed by atoms with Gasteiger partial charge in [-0.2, -0.15) is 0 Å². The van der Waals surface area contributed by atoms with Crippen molar-refractivity contribution < 1.29 is 14.3 Å². The number of carbonyl (C=O) groups is 1. The molecule has 1 aromatic carbocycles. The number of primary amides is 1. The van der Waals surface area contributed by atoms with Crippen molar-refractivity contribution in [1.29, 1.82) is 0 Å². The van der Waals surface area contributed by atoms with E-state index in [2.05, 4.69) is 10.1 Å². The molecule has 0 atom stereocenters. The molecule has 2 aromatic heterocycles. The Labute approximate surface area is 129 Å². The Hall–Kier alpha value is -3.29. The Bertz CT molecular complexity index is 1020. The summed E-state index contributed by atoms with van der Waals surface area (Å²) in [6, 6.07) is 6.64. The number of rotatable bonds is 2. The summed E-state index contributed by atoms with van der Waals surface area (Å²) < 4.78 is 11.8. The van der Waals surface area contributed by atoms with Gasteiger partial charge in [0.2, 0.25) is 6.79 Å². The molecule has 0 saturated heterocycles. The predicted octanol–water partition coefficient (Wildman–Crippen LogP) is 0.826. The van der Waals surface area contributed by atoms with Gasteiger partial charge in [0, 0.05) is 17.3 Å². The molecular formula is C15H12N4O4. The lowest BCUT2D eigenvalue weighted by atomic mass is 10.1. The Morgan fingerprint density at radius 2 is 2.09 bits per heavy atom. The number of amides is 1. The van der Waals surface area contributed by atoms with E-state index in [1.807, 2.05) is 0 Å². The fraction of sp³-hybridized carbons (Fsp3) is 0.133. The number of nitrogens with two attached hydrogens (primary N) is 1. The van der Waals surface area contributed by atoms with Gasteiger partial charge < -0.3 is 15.2 Å². The van der Waals surface area contributed by atoms with Crippen LogP contribution in [0.25, 0.3) is 16.9 Å². The topological polar surface area (TPSA) is 112 Å². The summed E-state index contributed by atoms with van der Waals surface area (Å²) in [6.07, 6.45) is 0. The van der Waals surface area contributed by atoms with Crippen LogP contribution < -0.4 is 20.8 Å². The number of carbonyl (C=O) groups excluding carboxylic acids is 1. The maximum atomic E-state index is 12.3. The van der Waals surface area contributed by atoms with Gasteiger partial charge in [-0.3, -0.25) is 14.7 Å². The van der Waals surface area contributed by atoms with Crippen molar-refractivity contribution in [1.82, 2.24) is 14.6 Å². The molecule has 8 heteroatoms. The molecule has 0 bridgehead atoms. The first-order valence-electron chi connectivity index (χ1n) is 6.87. The van der Waals surface area contributed by atoms with E-state index in [1.165, 1.54) is 10.6 Å². The average molecular weight is 312 g/mol. The Morgan fingerprint density at radius 1 is 1.30 bits per heavy atom. The molecule has 0 unspecified atom stereocenters. The van der Waals surface area contributed by atoms with Gasteiger partial charge in [-0.15, -0.1) is 0 Å². The molecule has 3 N–H and O–H groups in total. The zero-order valence-electron chi connectivity index (χ0n) is 12.1. The van der Waals surface area contributed by atoms with Crippen LogP contribution in [0.3, 0.4) is 0 Å². The molecule has 3 heterocycles. The van der Waals surface area contributed by atoms with Crippen molar-refractivity contribution in [3.63, 3.8) is 0 Å². The minimum absolute atomic E-state index is 0.163. The van der Waals surface area contributed by atoms with Gasteiger partial charge in [0.1, 0.15) is 5.56 Å². The second-order valence-corrected chi connectivity index (χ2v) is 5.18.